The number of carboxylic acid groups (broad SMARTS) is 1. The fourth-order valence-corrected chi connectivity index (χ4v) is 9.81. The second kappa shape index (κ2) is 15.3. The first kappa shape index (κ1) is 39.5. The zero-order valence-electron chi connectivity index (χ0n) is 31.8. The van der Waals surface area contributed by atoms with Gasteiger partial charge in [-0.05, 0) is 75.3 Å². The number of hydrogen-bond acceptors (Lipinski definition) is 11. The Morgan fingerprint density at radius 3 is 2.55 bits per heavy atom. The molecule has 7 atom stereocenters. The maximum atomic E-state index is 14.5. The molecule has 4 amide bonds. The van der Waals surface area contributed by atoms with Crippen molar-refractivity contribution in [1.82, 2.24) is 30.2 Å². The predicted molar refractivity (Wildman–Crippen MR) is 202 cm³/mol. The molecule has 4 fully saturated rings. The molecule has 4 heterocycles. The summed E-state index contributed by atoms with van der Waals surface area (Å²) in [6.45, 7) is 4.07. The Morgan fingerprint density at radius 1 is 1.12 bits per heavy atom. The van der Waals surface area contributed by atoms with Crippen molar-refractivity contribution in [3.63, 3.8) is 0 Å². The summed E-state index contributed by atoms with van der Waals surface area (Å²) in [6, 6.07) is 2.85. The normalized spacial score (nSPS) is 30.9. The molecule has 2 aromatic rings. The Morgan fingerprint density at radius 2 is 1.88 bits per heavy atom. The van der Waals surface area contributed by atoms with E-state index in [9.17, 15) is 37.1 Å². The lowest BCUT2D eigenvalue weighted by molar-refractivity contribution is -0.142. The van der Waals surface area contributed by atoms with E-state index in [1.54, 1.807) is 38.3 Å². The van der Waals surface area contributed by atoms with E-state index in [1.165, 1.54) is 4.90 Å². The summed E-state index contributed by atoms with van der Waals surface area (Å²) in [7, 11) is -2.85. The van der Waals surface area contributed by atoms with E-state index < -0.39 is 80.8 Å². The number of alkyl halides is 1. The Labute approximate surface area is 325 Å². The highest BCUT2D eigenvalue weighted by molar-refractivity contribution is 7.91. The van der Waals surface area contributed by atoms with Crippen LogP contribution in [-0.4, -0.2) is 114 Å². The molecule has 1 aromatic heterocycles. The minimum atomic E-state index is -4.40. The van der Waals surface area contributed by atoms with Gasteiger partial charge < -0.3 is 35.0 Å². The lowest BCUT2D eigenvalue weighted by atomic mass is 9.88. The average molecular weight is 800 g/mol. The molecule has 3 aliphatic heterocycles. The number of anilines is 1. The molecule has 56 heavy (non-hydrogen) atoms. The van der Waals surface area contributed by atoms with Crippen molar-refractivity contribution in [2.45, 2.75) is 100 Å². The highest BCUT2D eigenvalue weighted by Crippen LogP contribution is 2.48. The molecule has 4 N–H and O–H groups in total. The third-order valence-corrected chi connectivity index (χ3v) is 14.2. The molecular weight excluding hydrogens is 750 g/mol. The van der Waals surface area contributed by atoms with E-state index in [0.717, 1.165) is 25.9 Å². The van der Waals surface area contributed by atoms with Gasteiger partial charge in [0.05, 0.1) is 24.6 Å². The summed E-state index contributed by atoms with van der Waals surface area (Å²) < 4.78 is 52.6. The summed E-state index contributed by atoms with van der Waals surface area (Å²) in [5.74, 6) is -1.99. The van der Waals surface area contributed by atoms with Crippen LogP contribution in [0.1, 0.15) is 71.6 Å². The van der Waals surface area contributed by atoms with Crippen LogP contribution in [0.25, 0.3) is 10.9 Å². The van der Waals surface area contributed by atoms with Crippen molar-refractivity contribution >= 4 is 50.7 Å². The molecule has 2 aliphatic carbocycles. The molecule has 0 spiro atoms. The first-order valence-electron chi connectivity index (χ1n) is 19.4. The number of halogens is 1. The Hall–Kier alpha value is -4.74. The van der Waals surface area contributed by atoms with Crippen LogP contribution >= 0.6 is 0 Å². The monoisotopic (exact) mass is 799 g/mol. The van der Waals surface area contributed by atoms with Gasteiger partial charge in [0.15, 0.2) is 0 Å². The van der Waals surface area contributed by atoms with Crippen LogP contribution in [0.3, 0.4) is 0 Å². The Kier molecular flexibility index (Phi) is 10.8. The zero-order chi connectivity index (χ0) is 40.0. The number of aromatic nitrogens is 2. The molecule has 0 bridgehead atoms. The number of carbonyl (C=O) groups is 4. The van der Waals surface area contributed by atoms with Gasteiger partial charge in [-0.1, -0.05) is 26.0 Å². The van der Waals surface area contributed by atoms with Gasteiger partial charge in [-0.25, -0.2) is 22.6 Å². The van der Waals surface area contributed by atoms with Gasteiger partial charge in [0.25, 0.3) is 5.91 Å². The minimum absolute atomic E-state index is 0.0513. The highest BCUT2D eigenvalue weighted by atomic mass is 32.2. The number of hydrogen-bond donors (Lipinski definition) is 4. The van der Waals surface area contributed by atoms with Gasteiger partial charge in [0, 0.05) is 31.5 Å². The van der Waals surface area contributed by atoms with E-state index in [-0.39, 0.29) is 44.0 Å². The fraction of sp³-hybridized carbons (Fsp3) is 0.632. The minimum Gasteiger partial charge on any atom is -0.497 e. The summed E-state index contributed by atoms with van der Waals surface area (Å²) in [5.41, 5.74) is -1.10. The van der Waals surface area contributed by atoms with E-state index in [4.69, 9.17) is 19.4 Å². The van der Waals surface area contributed by atoms with Crippen LogP contribution in [0.15, 0.2) is 30.4 Å². The average Bonchev–Trinajstić information content (AvgIpc) is 3.97. The molecule has 7 rings (SSSR count). The molecule has 18 heteroatoms. The fourth-order valence-electron chi connectivity index (χ4n) is 8.39. The van der Waals surface area contributed by atoms with Crippen LogP contribution in [0.2, 0.25) is 0 Å². The SMILES string of the molecule is COc1ccc2c(O[C@@H]3C[C@H]4C(=O)N[C@]5(C(=O)NS(=O)(=O)C6(CF)CC6)C[C@H]5/C=C\CC[C@H](C)C[C@@H](C)[C@H](NC(=O)O)C(=O)N4C3)nc(N3CCCC3)nc2c1. The van der Waals surface area contributed by atoms with Gasteiger partial charge in [-0.2, -0.15) is 4.98 Å². The molecule has 5 aliphatic rings. The largest absolute Gasteiger partial charge is 0.497 e. The Bertz CT molecular complexity index is 2020. The third kappa shape index (κ3) is 7.68. The second-order valence-corrected chi connectivity index (χ2v) is 18.2. The van der Waals surface area contributed by atoms with Gasteiger partial charge in [0.2, 0.25) is 33.7 Å². The standard InChI is InChI=1S/C38H50FN7O9S/c1-22-8-4-5-9-24-19-38(24,34(49)44-56(52,53)37(21-39)12-13-37)43-31(47)29-18-26(20-46(29)33(48)30(23(2)16-22)41-36(50)51)55-32-27-11-10-25(54-3)17-28(27)40-35(42-32)45-14-6-7-15-45/h5,9-11,17,22-24,26,29-30,41H,4,6-8,12-16,18-21H2,1-3H3,(H,43,47)(H,44,49)(H,50,51)/b9-5-/t22-,23+,24+,26+,29-,30-,38+/m0/s1. The van der Waals surface area contributed by atoms with Crippen LogP contribution < -0.4 is 29.7 Å². The third-order valence-electron chi connectivity index (χ3n) is 12.1. The summed E-state index contributed by atoms with van der Waals surface area (Å²) in [5, 5.41) is 15.6. The van der Waals surface area contributed by atoms with Crippen LogP contribution in [0.5, 0.6) is 11.6 Å². The molecule has 0 radical (unpaired) electrons. The summed E-state index contributed by atoms with van der Waals surface area (Å²) >= 11 is 0. The summed E-state index contributed by atoms with van der Waals surface area (Å²) in [6.07, 6.45) is 5.42. The number of carbonyl (C=O) groups excluding carboxylic acids is 3. The lowest BCUT2D eigenvalue weighted by Crippen LogP contribution is -2.59. The zero-order valence-corrected chi connectivity index (χ0v) is 32.6. The first-order chi connectivity index (χ1) is 26.7. The number of nitrogens with zero attached hydrogens (tertiary/aromatic N) is 4. The molecule has 1 aromatic carbocycles. The topological polar surface area (TPSA) is 209 Å². The number of sulfonamides is 1. The van der Waals surface area contributed by atoms with E-state index >= 15 is 0 Å². The van der Waals surface area contributed by atoms with E-state index in [1.807, 2.05) is 13.0 Å². The number of fused-ring (bicyclic) bond motifs is 3. The molecular formula is C38H50FN7O9S. The maximum absolute atomic E-state index is 14.5. The van der Waals surface area contributed by atoms with Gasteiger partial charge in [0.1, 0.15) is 40.9 Å². The van der Waals surface area contributed by atoms with Crippen LogP contribution in [-0.2, 0) is 24.4 Å². The second-order valence-electron chi connectivity index (χ2n) is 16.2. The maximum Gasteiger partial charge on any atom is 0.405 e. The van der Waals surface area contributed by atoms with Crippen molar-refractivity contribution in [2.24, 2.45) is 17.8 Å². The van der Waals surface area contributed by atoms with Gasteiger partial charge >= 0.3 is 6.09 Å². The molecule has 304 valence electrons. The van der Waals surface area contributed by atoms with Crippen molar-refractivity contribution in [3.05, 3.63) is 30.4 Å². The van der Waals surface area contributed by atoms with Crippen LogP contribution in [0.4, 0.5) is 15.1 Å². The lowest BCUT2D eigenvalue weighted by Gasteiger charge is -2.32. The summed E-state index contributed by atoms with van der Waals surface area (Å²) in [4.78, 5) is 67.8. The quantitative estimate of drug-likeness (QED) is 0.270. The van der Waals surface area contributed by atoms with Crippen LogP contribution in [0, 0.1) is 17.8 Å². The van der Waals surface area contributed by atoms with Crippen molar-refractivity contribution < 1.29 is 46.6 Å². The highest BCUT2D eigenvalue weighted by Gasteiger charge is 2.64. The Balaban J connectivity index is 1.23. The number of nitrogens with one attached hydrogen (secondary N) is 3. The number of amides is 4. The molecule has 2 saturated heterocycles. The smallest absolute Gasteiger partial charge is 0.405 e. The number of benzene rings is 1. The molecule has 2 saturated carbocycles. The van der Waals surface area contributed by atoms with Gasteiger partial charge in [-0.15, -0.1) is 0 Å². The number of rotatable bonds is 9. The molecule has 0 unspecified atom stereocenters. The van der Waals surface area contributed by atoms with Crippen molar-refractivity contribution in [1.29, 1.82) is 0 Å². The number of allylic oxidation sites excluding steroid dienone is 1. The first-order valence-corrected chi connectivity index (χ1v) is 20.9. The van der Waals surface area contributed by atoms with Crippen molar-refractivity contribution in [2.75, 3.05) is 38.3 Å². The number of ether oxygens (including phenoxy) is 2. The van der Waals surface area contributed by atoms with E-state index in [2.05, 4.69) is 20.3 Å². The number of methoxy groups -OCH3 is 1. The van der Waals surface area contributed by atoms with Crippen molar-refractivity contribution in [3.8, 4) is 11.6 Å². The van der Waals surface area contributed by atoms with Gasteiger partial charge in [-0.3, -0.25) is 19.1 Å². The predicted octanol–water partition coefficient (Wildman–Crippen LogP) is 3.06. The van der Waals surface area contributed by atoms with E-state index in [0.29, 0.717) is 41.9 Å². The molecule has 16 nitrogen and oxygen atoms in total.